The number of carbonyl (C=O) groups excluding carboxylic acids is 1. The van der Waals surface area contributed by atoms with Crippen molar-refractivity contribution in [3.63, 3.8) is 0 Å². The first-order chi connectivity index (χ1) is 13.1. The number of allylic oxidation sites excluding steroid dienone is 1. The Kier molecular flexibility index (Phi) is 10.7. The topological polar surface area (TPSA) is 66.0 Å². The predicted octanol–water partition coefficient (Wildman–Crippen LogP) is 5.06. The summed E-state index contributed by atoms with van der Waals surface area (Å²) in [5, 5.41) is 2.90. The van der Waals surface area contributed by atoms with Gasteiger partial charge in [-0.3, -0.25) is 0 Å². The van der Waals surface area contributed by atoms with Crippen LogP contribution in [0.2, 0.25) is 6.55 Å². The summed E-state index contributed by atoms with van der Waals surface area (Å²) in [7, 11) is -2.80. The van der Waals surface area contributed by atoms with Crippen molar-refractivity contribution >= 4 is 14.9 Å². The van der Waals surface area contributed by atoms with Crippen LogP contribution in [0.15, 0.2) is 12.2 Å². The minimum atomic E-state index is -2.80. The second-order valence-corrected chi connectivity index (χ2v) is 11.1. The minimum Gasteiger partial charge on any atom is -0.444 e. The van der Waals surface area contributed by atoms with Crippen molar-refractivity contribution in [2.45, 2.75) is 97.9 Å². The largest absolute Gasteiger partial charge is 0.498 e. The summed E-state index contributed by atoms with van der Waals surface area (Å²) < 4.78 is 23.4. The molecule has 6 nitrogen and oxygen atoms in total. The van der Waals surface area contributed by atoms with Crippen LogP contribution in [0.3, 0.4) is 0 Å². The molecule has 0 saturated heterocycles. The second kappa shape index (κ2) is 12.0. The van der Waals surface area contributed by atoms with Crippen LogP contribution in [-0.4, -0.2) is 45.9 Å². The monoisotopic (exact) mass is 415 g/mol. The molecule has 0 aromatic heterocycles. The molecule has 1 fully saturated rings. The van der Waals surface area contributed by atoms with Crippen molar-refractivity contribution in [1.29, 1.82) is 0 Å². The van der Waals surface area contributed by atoms with Gasteiger partial charge in [0.1, 0.15) is 5.60 Å². The Hall–Kier alpha value is -0.893. The van der Waals surface area contributed by atoms with Crippen LogP contribution in [0.1, 0.15) is 73.6 Å². The average molecular weight is 416 g/mol. The zero-order valence-corrected chi connectivity index (χ0v) is 19.9. The summed E-state index contributed by atoms with van der Waals surface area (Å²) >= 11 is 0. The van der Waals surface area contributed by atoms with E-state index in [1.54, 1.807) is 0 Å². The summed E-state index contributed by atoms with van der Waals surface area (Å²) in [6, 6.07) is -0.276. The molecule has 0 aromatic carbocycles. The van der Waals surface area contributed by atoms with Gasteiger partial charge in [-0.15, -0.1) is 0 Å². The first-order valence-corrected chi connectivity index (χ1v) is 12.9. The van der Waals surface area contributed by atoms with Gasteiger partial charge in [-0.2, -0.15) is 0 Å². The van der Waals surface area contributed by atoms with Crippen LogP contribution in [-0.2, 0) is 18.0 Å². The predicted molar refractivity (Wildman–Crippen MR) is 114 cm³/mol. The number of alkyl carbamates (subject to hydrolysis) is 1. The molecule has 1 aliphatic carbocycles. The zero-order valence-electron chi connectivity index (χ0n) is 18.9. The quantitative estimate of drug-likeness (QED) is 0.399. The van der Waals surface area contributed by atoms with Crippen molar-refractivity contribution in [3.8, 4) is 0 Å². The highest BCUT2D eigenvalue weighted by atomic mass is 28.4. The zero-order chi connectivity index (χ0) is 21.2. The van der Waals surface area contributed by atoms with Crippen LogP contribution < -0.4 is 5.32 Å². The van der Waals surface area contributed by atoms with E-state index in [9.17, 15) is 4.79 Å². The van der Waals surface area contributed by atoms with Crippen LogP contribution in [0.4, 0.5) is 4.79 Å². The van der Waals surface area contributed by atoms with E-state index in [1.165, 1.54) is 32.1 Å². The van der Waals surface area contributed by atoms with Gasteiger partial charge < -0.3 is 23.3 Å². The first-order valence-electron chi connectivity index (χ1n) is 10.7. The van der Waals surface area contributed by atoms with E-state index < -0.39 is 20.5 Å². The van der Waals surface area contributed by atoms with E-state index in [4.69, 9.17) is 18.0 Å². The highest BCUT2D eigenvalue weighted by Gasteiger charge is 2.38. The van der Waals surface area contributed by atoms with Gasteiger partial charge in [-0.25, -0.2) is 4.79 Å². The number of rotatable bonds is 10. The van der Waals surface area contributed by atoms with Crippen molar-refractivity contribution < 1.29 is 22.8 Å². The molecule has 28 heavy (non-hydrogen) atoms. The smallest absolute Gasteiger partial charge is 0.444 e. The number of amides is 1. The highest BCUT2D eigenvalue weighted by Crippen LogP contribution is 2.25. The molecule has 1 aliphatic rings. The fraction of sp³-hybridized carbons (Fsp3) is 0.857. The van der Waals surface area contributed by atoms with Crippen LogP contribution in [0.25, 0.3) is 0 Å². The molecule has 0 bridgehead atoms. The van der Waals surface area contributed by atoms with Crippen molar-refractivity contribution in [1.82, 2.24) is 5.32 Å². The lowest BCUT2D eigenvalue weighted by Crippen LogP contribution is -2.51. The summed E-state index contributed by atoms with van der Waals surface area (Å²) in [5.41, 5.74) is -0.544. The van der Waals surface area contributed by atoms with E-state index in [2.05, 4.69) is 17.5 Å². The van der Waals surface area contributed by atoms with E-state index in [1.807, 2.05) is 48.1 Å². The number of hydrogen-bond acceptors (Lipinski definition) is 5. The second-order valence-electron chi connectivity index (χ2n) is 8.53. The maximum Gasteiger partial charge on any atom is 0.498 e. The molecule has 0 aromatic rings. The number of ether oxygens (including phenoxy) is 1. The van der Waals surface area contributed by atoms with Crippen LogP contribution in [0.5, 0.6) is 0 Å². The Morgan fingerprint density at radius 3 is 2.21 bits per heavy atom. The fourth-order valence-corrected chi connectivity index (χ4v) is 5.40. The molecule has 164 valence electrons. The maximum absolute atomic E-state index is 12.2. The average Bonchev–Trinajstić information content (AvgIpc) is 2.58. The van der Waals surface area contributed by atoms with Crippen molar-refractivity contribution in [2.75, 3.05) is 13.2 Å². The van der Waals surface area contributed by atoms with Gasteiger partial charge in [0.2, 0.25) is 0 Å². The van der Waals surface area contributed by atoms with Gasteiger partial charge in [0, 0.05) is 19.8 Å². The number of hydrogen-bond donors (Lipinski definition) is 1. The Balaban J connectivity index is 2.88. The van der Waals surface area contributed by atoms with Gasteiger partial charge in [0.05, 0.1) is 12.1 Å². The Morgan fingerprint density at radius 1 is 1.14 bits per heavy atom. The molecule has 0 aliphatic heterocycles. The normalized spacial score (nSPS) is 18.8. The SMILES string of the molecule is CCO[Si](C)(OCC)OC(/C=C/C1CCCCC1)[C@H](C)NC(=O)OC(C)(C)C. The summed E-state index contributed by atoms with van der Waals surface area (Å²) in [4.78, 5) is 12.2. The van der Waals surface area contributed by atoms with Crippen molar-refractivity contribution in [2.24, 2.45) is 5.92 Å². The number of nitrogens with one attached hydrogen (secondary N) is 1. The van der Waals surface area contributed by atoms with E-state index >= 15 is 0 Å². The molecule has 7 heteroatoms. The van der Waals surface area contributed by atoms with Crippen molar-refractivity contribution in [3.05, 3.63) is 12.2 Å². The third kappa shape index (κ3) is 10.0. The highest BCUT2D eigenvalue weighted by molar-refractivity contribution is 6.59. The van der Waals surface area contributed by atoms with E-state index in [-0.39, 0.29) is 12.1 Å². The molecule has 1 N–H and O–H groups in total. The fourth-order valence-electron chi connectivity index (χ4n) is 3.36. The molecule has 0 radical (unpaired) electrons. The van der Waals surface area contributed by atoms with E-state index in [0.717, 1.165) is 0 Å². The third-order valence-corrected chi connectivity index (χ3v) is 6.95. The molecular weight excluding hydrogens is 374 g/mol. The van der Waals surface area contributed by atoms with Crippen LogP contribution >= 0.6 is 0 Å². The molecule has 1 rings (SSSR count). The lowest BCUT2D eigenvalue weighted by molar-refractivity contribution is 0.0297. The lowest BCUT2D eigenvalue weighted by Gasteiger charge is -2.32. The summed E-state index contributed by atoms with van der Waals surface area (Å²) in [5.74, 6) is 0.570. The molecule has 1 amide bonds. The maximum atomic E-state index is 12.2. The molecular formula is C21H41NO5Si. The molecule has 0 spiro atoms. The Labute approximate surface area is 172 Å². The Bertz CT molecular complexity index is 480. The minimum absolute atomic E-state index is 0.276. The van der Waals surface area contributed by atoms with E-state index in [0.29, 0.717) is 19.1 Å². The molecule has 1 saturated carbocycles. The summed E-state index contributed by atoms with van der Waals surface area (Å²) in [6.45, 7) is 14.3. The van der Waals surface area contributed by atoms with Gasteiger partial charge in [0.25, 0.3) is 0 Å². The molecule has 1 unspecified atom stereocenters. The van der Waals surface area contributed by atoms with Gasteiger partial charge in [0.15, 0.2) is 0 Å². The lowest BCUT2D eigenvalue weighted by atomic mass is 9.88. The van der Waals surface area contributed by atoms with Gasteiger partial charge in [-0.1, -0.05) is 31.4 Å². The molecule has 2 atom stereocenters. The molecule has 0 heterocycles. The Morgan fingerprint density at radius 2 is 1.71 bits per heavy atom. The van der Waals surface area contributed by atoms with Crippen LogP contribution in [0, 0.1) is 5.92 Å². The van der Waals surface area contributed by atoms with Gasteiger partial charge in [-0.05, 0) is 60.3 Å². The first kappa shape index (κ1) is 25.1. The number of carbonyl (C=O) groups is 1. The third-order valence-electron chi connectivity index (χ3n) is 4.62. The summed E-state index contributed by atoms with van der Waals surface area (Å²) in [6.07, 6.45) is 9.81. The van der Waals surface area contributed by atoms with Gasteiger partial charge >= 0.3 is 14.9 Å². The standard InChI is InChI=1S/C21H41NO5Si/c1-8-24-28(7,25-9-2)27-19(16-15-18-13-11-10-12-14-18)17(3)22-20(23)26-21(4,5)6/h15-19H,8-14H2,1-7H3,(H,22,23)/b16-15+/t17-,19?/m0/s1.